The molecule has 6 aliphatic rings. The van der Waals surface area contributed by atoms with Gasteiger partial charge in [-0.25, -0.2) is 11.0 Å². The van der Waals surface area contributed by atoms with Crippen LogP contribution in [0.15, 0.2) is 182 Å². The van der Waals surface area contributed by atoms with Crippen molar-refractivity contribution in [3.63, 3.8) is 0 Å². The van der Waals surface area contributed by atoms with E-state index in [2.05, 4.69) is 68.1 Å². The van der Waals surface area contributed by atoms with Crippen molar-refractivity contribution in [3.05, 3.63) is 268 Å². The number of hydrogen-bond donors (Lipinski definition) is 0. The van der Waals surface area contributed by atoms with Gasteiger partial charge in [-0.2, -0.15) is 148 Å². The number of nitrogens with zero attached hydrogens (tertiary/aromatic N) is 5. The van der Waals surface area contributed by atoms with Crippen molar-refractivity contribution in [1.82, 2.24) is 14.7 Å². The summed E-state index contributed by atoms with van der Waals surface area (Å²) < 4.78 is 0. The summed E-state index contributed by atoms with van der Waals surface area (Å²) in [5.74, 6) is 6.27. The number of halogens is 2. The fraction of sp³-hybridized carbons (Fsp3) is 0.444. The Bertz CT molecular complexity index is 2260. The maximum absolute atomic E-state index is 5.52. The van der Waals surface area contributed by atoms with Crippen molar-refractivity contribution in [3.8, 4) is 11.8 Å². The molecule has 6 fully saturated rings. The fourth-order valence-corrected chi connectivity index (χ4v) is 11.7. The minimum absolute atomic E-state index is 0. The molecule has 3 saturated carbocycles. The Morgan fingerprint density at radius 1 is 0.409 bits per heavy atom. The molecular weight excluding hydrogens is 1570 g/mol. The summed E-state index contributed by atoms with van der Waals surface area (Å²) in [4.78, 5) is 8.40. The number of alkyl halides is 2. The first-order chi connectivity index (χ1) is 44.3. The van der Waals surface area contributed by atoms with Crippen LogP contribution in [0.25, 0.3) is 10.6 Å². The molecule has 0 spiro atoms. The smallest absolute Gasteiger partial charge is 0.797 e. The Labute approximate surface area is 634 Å². The summed E-state index contributed by atoms with van der Waals surface area (Å²) in [5, 5.41) is 9.71. The average molecular weight is 1680 g/mol. The Morgan fingerprint density at radius 3 is 0.828 bits per heavy atom. The molecule has 2 atom stereocenters. The van der Waals surface area contributed by atoms with Crippen LogP contribution < -0.4 is 0 Å². The van der Waals surface area contributed by atoms with Gasteiger partial charge in [0, 0.05) is 45.4 Å². The van der Waals surface area contributed by atoms with E-state index in [0.717, 1.165) is 39.3 Å². The van der Waals surface area contributed by atoms with Crippen molar-refractivity contribution < 1.29 is 51.7 Å². The van der Waals surface area contributed by atoms with E-state index in [4.69, 9.17) is 71.3 Å². The molecule has 0 amide bonds. The molecule has 93 heavy (non-hydrogen) atoms. The Balaban J connectivity index is 0.00000102. The third-order valence-corrected chi connectivity index (χ3v) is 17.0. The monoisotopic (exact) mass is 1680 g/mol. The number of likely N-dealkylation sites (tertiary alicyclic amines) is 3. The van der Waals surface area contributed by atoms with Crippen LogP contribution in [0.3, 0.4) is 0 Å². The molecule has 12 heteroatoms. The summed E-state index contributed by atoms with van der Waals surface area (Å²) in [6.07, 6.45) is 29.7. The van der Waals surface area contributed by atoms with Crippen molar-refractivity contribution in [2.45, 2.75) is 178 Å². The largest absolute Gasteiger partial charge is 4.00 e. The van der Waals surface area contributed by atoms with Crippen LogP contribution in [0.2, 0.25) is 0 Å². The quantitative estimate of drug-likeness (QED) is 0.0378. The molecule has 3 saturated heterocycles. The molecule has 0 aromatic heterocycles. The Kier molecular flexibility index (Phi) is 60.3. The van der Waals surface area contributed by atoms with Crippen LogP contribution >= 0.6 is 35.4 Å². The molecule has 0 bridgehead atoms. The van der Waals surface area contributed by atoms with E-state index in [1.807, 2.05) is 196 Å². The first-order valence-electron chi connectivity index (χ1n) is 33.4. The van der Waals surface area contributed by atoms with Gasteiger partial charge in [-0.15, -0.1) is 120 Å². The number of thiocarbonyl (C=S) groups is 1. The zero-order chi connectivity index (χ0) is 66.2. The maximum Gasteiger partial charge on any atom is 4.00 e. The van der Waals surface area contributed by atoms with Gasteiger partial charge < -0.3 is 50.6 Å². The molecule has 506 valence electrons. The number of hydrogen-bond acceptors (Lipinski definition) is 5. The predicted octanol–water partition coefficient (Wildman–Crippen LogP) is 22.3. The second-order valence-electron chi connectivity index (χ2n) is 23.3. The summed E-state index contributed by atoms with van der Waals surface area (Å²) in [6, 6.07) is 60.4. The van der Waals surface area contributed by atoms with Crippen LogP contribution in [0, 0.1) is 59.3 Å². The van der Waals surface area contributed by atoms with Crippen LogP contribution in [0.5, 0.6) is 0 Å². The van der Waals surface area contributed by atoms with E-state index in [9.17, 15) is 0 Å². The van der Waals surface area contributed by atoms with Crippen molar-refractivity contribution >= 4 is 65.7 Å². The molecule has 3 aliphatic carbocycles. The Morgan fingerprint density at radius 2 is 0.624 bits per heavy atom. The van der Waals surface area contributed by atoms with Crippen molar-refractivity contribution in [2.75, 3.05) is 44.6 Å². The number of rotatable bonds is 8. The van der Waals surface area contributed by atoms with Crippen LogP contribution in [0.1, 0.15) is 188 Å². The third-order valence-electron chi connectivity index (χ3n) is 15.7. The molecule has 6 aromatic carbocycles. The maximum atomic E-state index is 5.52. The van der Waals surface area contributed by atoms with E-state index in [1.54, 1.807) is 0 Å². The fourth-order valence-electron chi connectivity index (χ4n) is 10.5. The van der Waals surface area contributed by atoms with E-state index in [1.165, 1.54) is 186 Å². The standard InChI is InChI=1S/C12H21NS.2C11H21N2S.6C7H7.C4H6.CH2Cl2.2Hf/c14-12(13-8-4-5-9-13)10-11-6-2-1-3-7-11;2*14-11(13-8-4-5-9-13)12-10-6-2-1-3-7-10;6*1-7-5-3-2-4-6-7;1-3-4-2;2-1-3;;/h11H,1-10H2;2*10-11,14H,1-9H2;6*2-6H,1H2;1-2H3;1H2;;/q;8*-1;;;;+4/p-2. The summed E-state index contributed by atoms with van der Waals surface area (Å²) in [7, 11) is 0. The predicted molar refractivity (Wildman–Crippen MR) is 410 cm³/mol. The average Bonchev–Trinajstić information content (AvgIpc) is 2.52. The first-order valence-corrected chi connectivity index (χ1v) is 35.8. The van der Waals surface area contributed by atoms with Gasteiger partial charge in [0.15, 0.2) is 0 Å². The SMILES string of the molecule is CC#CC.ClCCl.S=C(CC1CCCCC1)N1CCCC1.[CH2-]c1ccccc1.[CH2-]c1ccccc1.[CH2-]c1ccccc1.[CH2-]c1ccccc1.[CH2-]c1ccccc1.[CH2-]c1ccccc1.[Hf+4].[Hf].[S-]C([N-]C1CCCCC1)N1CCCC1.[S-]C([N-]C1CCCCC1)N1CCCC1. The second-order valence-corrected chi connectivity index (χ2v) is 25.5. The topological polar surface area (TPSA) is 37.9 Å². The normalized spacial score (nSPS) is 16.3. The van der Waals surface area contributed by atoms with E-state index >= 15 is 0 Å². The van der Waals surface area contributed by atoms with Gasteiger partial charge in [0.25, 0.3) is 0 Å². The number of benzene rings is 6. The van der Waals surface area contributed by atoms with Crippen LogP contribution in [-0.2, 0) is 76.9 Å². The molecule has 3 heterocycles. The van der Waals surface area contributed by atoms with Crippen molar-refractivity contribution in [1.29, 1.82) is 0 Å². The molecule has 0 radical (unpaired) electrons. The zero-order valence-corrected chi connectivity index (χ0v) is 67.8. The van der Waals surface area contributed by atoms with Gasteiger partial charge in [0.1, 0.15) is 0 Å². The van der Waals surface area contributed by atoms with Gasteiger partial charge in [-0.1, -0.05) is 145 Å². The molecule has 0 N–H and O–H groups in total. The van der Waals surface area contributed by atoms with Crippen LogP contribution in [-0.4, -0.2) is 87.4 Å². The zero-order valence-electron chi connectivity index (χ0n) is 56.7. The van der Waals surface area contributed by atoms with Gasteiger partial charge in [0.2, 0.25) is 0 Å². The summed E-state index contributed by atoms with van der Waals surface area (Å²) in [5.41, 5.74) is 6.57. The second kappa shape index (κ2) is 62.4. The molecular formula is C81H111Cl2Hf2N5S3-6. The summed E-state index contributed by atoms with van der Waals surface area (Å²) in [6.45, 7) is 33.1. The van der Waals surface area contributed by atoms with Gasteiger partial charge in [0.05, 0.1) is 10.3 Å². The molecule has 2 unspecified atom stereocenters. The van der Waals surface area contributed by atoms with E-state index in [-0.39, 0.29) is 68.0 Å². The van der Waals surface area contributed by atoms with E-state index < -0.39 is 0 Å². The van der Waals surface area contributed by atoms with Crippen LogP contribution in [0.4, 0.5) is 0 Å². The Hall–Kier alpha value is -3.15. The minimum Gasteiger partial charge on any atom is -0.797 e. The third kappa shape index (κ3) is 50.8. The van der Waals surface area contributed by atoms with Crippen molar-refractivity contribution in [2.24, 2.45) is 5.92 Å². The summed E-state index contributed by atoms with van der Waals surface area (Å²) >= 11 is 25.9. The van der Waals surface area contributed by atoms with E-state index in [0.29, 0.717) is 12.1 Å². The first kappa shape index (κ1) is 89.9. The molecule has 12 rings (SSSR count). The van der Waals surface area contributed by atoms with Gasteiger partial charge in [-0.05, 0) is 84.5 Å². The molecule has 5 nitrogen and oxygen atoms in total. The minimum atomic E-state index is 0. The van der Waals surface area contributed by atoms with Gasteiger partial charge in [-0.3, -0.25) is 0 Å². The molecule has 6 aromatic rings. The van der Waals surface area contributed by atoms with Gasteiger partial charge >= 0.3 is 25.8 Å². The molecule has 3 aliphatic heterocycles.